The Kier molecular flexibility index (Phi) is 9.28. The first-order chi connectivity index (χ1) is 16.7. The molecule has 0 aliphatic carbocycles. The number of thiocarbonyl (C=S) groups is 1. The minimum Gasteiger partial charge on any atom is -0.595 e. The van der Waals surface area contributed by atoms with E-state index in [1.165, 1.54) is 0 Å². The number of methoxy groups -OCH3 is 1. The molecule has 0 amide bonds. The first-order valence-corrected chi connectivity index (χ1v) is 12.2. The Morgan fingerprint density at radius 2 is 1.67 bits per heavy atom. The predicted molar refractivity (Wildman–Crippen MR) is 152 cm³/mol. The molecule has 0 saturated heterocycles. The lowest BCUT2D eigenvalue weighted by Gasteiger charge is -2.40. The minimum atomic E-state index is -0.991. The van der Waals surface area contributed by atoms with E-state index in [4.69, 9.17) is 21.9 Å². The summed E-state index contributed by atoms with van der Waals surface area (Å²) in [5.41, 5.74) is 3.21. The molecule has 2 heterocycles. The smallest absolute Gasteiger partial charge is 0.190 e. The Hall–Kier alpha value is -2.31. The van der Waals surface area contributed by atoms with Gasteiger partial charge in [-0.05, 0) is 90.6 Å². The van der Waals surface area contributed by atoms with Crippen molar-refractivity contribution in [2.24, 2.45) is 0 Å². The van der Waals surface area contributed by atoms with E-state index < -0.39 is 5.23 Å². The maximum absolute atomic E-state index is 12.2. The van der Waals surface area contributed by atoms with Gasteiger partial charge in [0.05, 0.1) is 29.4 Å². The second kappa shape index (κ2) is 11.8. The SMILES string of the molecule is COc1ccc2nc3c([NH+]([O-])O)ccc4c3c(c2c1)N(CCCN(C)C)C(=S)N4CCCN(C)C.Cl. The van der Waals surface area contributed by atoms with Crippen LogP contribution < -0.4 is 19.8 Å². The van der Waals surface area contributed by atoms with Gasteiger partial charge in [0.2, 0.25) is 0 Å². The molecule has 1 aliphatic rings. The molecular formula is C25H35ClN6O3S. The first kappa shape index (κ1) is 28.3. The van der Waals surface area contributed by atoms with E-state index in [-0.39, 0.29) is 18.1 Å². The molecular weight excluding hydrogens is 500 g/mol. The van der Waals surface area contributed by atoms with Gasteiger partial charge in [0, 0.05) is 24.5 Å². The van der Waals surface area contributed by atoms with Crippen molar-refractivity contribution in [2.45, 2.75) is 12.8 Å². The summed E-state index contributed by atoms with van der Waals surface area (Å²) in [6.45, 7) is 3.29. The van der Waals surface area contributed by atoms with Gasteiger partial charge in [0.25, 0.3) is 0 Å². The number of anilines is 2. The highest BCUT2D eigenvalue weighted by Crippen LogP contribution is 2.46. The van der Waals surface area contributed by atoms with Crippen LogP contribution in [0.5, 0.6) is 5.75 Å². The Morgan fingerprint density at radius 3 is 2.25 bits per heavy atom. The van der Waals surface area contributed by atoms with E-state index in [2.05, 4.69) is 47.8 Å². The average molecular weight is 535 g/mol. The van der Waals surface area contributed by atoms with Crippen molar-refractivity contribution in [3.05, 3.63) is 35.5 Å². The van der Waals surface area contributed by atoms with Crippen molar-refractivity contribution >= 4 is 68.6 Å². The topological polar surface area (TPSA) is 82.8 Å². The largest absolute Gasteiger partial charge is 0.595 e. The number of pyridine rings is 1. The molecule has 1 aliphatic heterocycles. The maximum Gasteiger partial charge on any atom is 0.190 e. The Labute approximate surface area is 223 Å². The zero-order chi connectivity index (χ0) is 25.3. The van der Waals surface area contributed by atoms with Crippen LogP contribution in [0.3, 0.4) is 0 Å². The number of nitrogens with zero attached hydrogens (tertiary/aromatic N) is 5. The molecule has 0 spiro atoms. The zero-order valence-corrected chi connectivity index (χ0v) is 23.1. The summed E-state index contributed by atoms with van der Waals surface area (Å²) in [6.07, 6.45) is 1.83. The summed E-state index contributed by atoms with van der Waals surface area (Å²) in [4.78, 5) is 13.5. The third-order valence-corrected chi connectivity index (χ3v) is 6.75. The van der Waals surface area contributed by atoms with Crippen molar-refractivity contribution < 1.29 is 15.2 Å². The molecule has 0 fully saturated rings. The van der Waals surface area contributed by atoms with Gasteiger partial charge in [-0.25, -0.2) is 10.2 Å². The summed E-state index contributed by atoms with van der Waals surface area (Å²) in [5.74, 6) is 0.721. The average Bonchev–Trinajstić information content (AvgIpc) is 2.81. The second-order valence-corrected chi connectivity index (χ2v) is 9.77. The van der Waals surface area contributed by atoms with Crippen molar-refractivity contribution in [2.75, 3.05) is 71.3 Å². The van der Waals surface area contributed by atoms with E-state index in [9.17, 15) is 10.4 Å². The molecule has 1 unspecified atom stereocenters. The van der Waals surface area contributed by atoms with Crippen LogP contribution in [0.15, 0.2) is 30.3 Å². The number of rotatable bonds is 10. The van der Waals surface area contributed by atoms with Gasteiger partial charge in [-0.1, -0.05) is 0 Å². The lowest BCUT2D eigenvalue weighted by atomic mass is 10.0. The van der Waals surface area contributed by atoms with Crippen LogP contribution in [0.2, 0.25) is 0 Å². The molecule has 11 heteroatoms. The summed E-state index contributed by atoms with van der Waals surface area (Å²) >= 11 is 6.09. The lowest BCUT2D eigenvalue weighted by molar-refractivity contribution is -0.990. The van der Waals surface area contributed by atoms with Crippen LogP contribution in [0.25, 0.3) is 21.8 Å². The molecule has 0 bridgehead atoms. The van der Waals surface area contributed by atoms with Crippen LogP contribution in [-0.2, 0) is 0 Å². The number of nitrogens with one attached hydrogen (secondary N) is 1. The normalized spacial score (nSPS) is 14.2. The molecule has 4 rings (SSSR count). The van der Waals surface area contributed by atoms with Crippen molar-refractivity contribution in [1.82, 2.24) is 14.8 Å². The van der Waals surface area contributed by atoms with Gasteiger partial charge in [0.1, 0.15) is 11.3 Å². The van der Waals surface area contributed by atoms with Gasteiger partial charge >= 0.3 is 0 Å². The highest BCUT2D eigenvalue weighted by atomic mass is 35.5. The monoisotopic (exact) mass is 534 g/mol. The number of ether oxygens (including phenoxy) is 1. The van der Waals surface area contributed by atoms with Gasteiger partial charge in [-0.15, -0.1) is 12.4 Å². The number of halogens is 1. The van der Waals surface area contributed by atoms with Crippen molar-refractivity contribution in [1.29, 1.82) is 0 Å². The number of hydrogen-bond donors (Lipinski definition) is 2. The van der Waals surface area contributed by atoms with E-state index in [1.54, 1.807) is 13.2 Å². The van der Waals surface area contributed by atoms with Crippen molar-refractivity contribution in [3.8, 4) is 5.75 Å². The molecule has 1 atom stereocenters. The zero-order valence-electron chi connectivity index (χ0n) is 21.4. The summed E-state index contributed by atoms with van der Waals surface area (Å²) in [5, 5.41) is 23.6. The van der Waals surface area contributed by atoms with Crippen LogP contribution in [0.4, 0.5) is 17.1 Å². The molecule has 0 radical (unpaired) electrons. The van der Waals surface area contributed by atoms with Crippen molar-refractivity contribution in [3.63, 3.8) is 0 Å². The van der Waals surface area contributed by atoms with Crippen LogP contribution in [-0.4, -0.2) is 86.6 Å². The fourth-order valence-electron chi connectivity index (χ4n) is 4.65. The standard InChI is InChI=1S/C25H34N6O3S.ClH/c1-27(2)12-6-14-29-20-10-11-21(31(32)33)23-22(20)24(30(25(29)35)15-7-13-28(3)4)18-16-17(34-5)8-9-19(18)26-23;/h8-11,16,31-32H,6-7,12-15H2,1-5H3;1H. The number of fused-ring (bicyclic) bond motifs is 2. The molecule has 3 aromatic rings. The third kappa shape index (κ3) is 5.50. The lowest BCUT2D eigenvalue weighted by Crippen LogP contribution is -2.99. The number of aromatic nitrogens is 1. The predicted octanol–water partition coefficient (Wildman–Crippen LogP) is 3.04. The number of quaternary nitrogens is 1. The third-order valence-electron chi connectivity index (χ3n) is 6.31. The van der Waals surface area contributed by atoms with E-state index >= 15 is 0 Å². The van der Waals surface area contributed by atoms with Crippen LogP contribution in [0.1, 0.15) is 12.8 Å². The molecule has 1 aromatic heterocycles. The Balaban J connectivity index is 0.00000361. The maximum atomic E-state index is 12.2. The molecule has 9 nitrogen and oxygen atoms in total. The Morgan fingerprint density at radius 1 is 1.03 bits per heavy atom. The summed E-state index contributed by atoms with van der Waals surface area (Å²) in [7, 11) is 9.87. The second-order valence-electron chi connectivity index (χ2n) is 9.40. The van der Waals surface area contributed by atoms with Gasteiger partial charge in [-0.2, -0.15) is 5.23 Å². The van der Waals surface area contributed by atoms with Gasteiger partial charge in [0.15, 0.2) is 10.8 Å². The van der Waals surface area contributed by atoms with Crippen LogP contribution >= 0.6 is 24.6 Å². The number of hydrogen-bond acceptors (Lipinski definition) is 7. The van der Waals surface area contributed by atoms with E-state index in [0.717, 1.165) is 71.0 Å². The minimum absolute atomic E-state index is 0. The molecule has 2 N–H and O–H groups in total. The Bertz CT molecular complexity index is 1240. The van der Waals surface area contributed by atoms with E-state index in [1.807, 2.05) is 24.3 Å². The highest BCUT2D eigenvalue weighted by Gasteiger charge is 2.33. The van der Waals surface area contributed by atoms with E-state index in [0.29, 0.717) is 12.1 Å². The first-order valence-electron chi connectivity index (χ1n) is 11.8. The number of benzene rings is 2. The fourth-order valence-corrected chi connectivity index (χ4v) is 5.02. The molecule has 196 valence electrons. The van der Waals surface area contributed by atoms with Crippen LogP contribution in [0, 0.1) is 5.21 Å². The van der Waals surface area contributed by atoms with Gasteiger partial charge in [-0.3, -0.25) is 0 Å². The van der Waals surface area contributed by atoms with Gasteiger partial charge < -0.3 is 29.5 Å². The molecule has 36 heavy (non-hydrogen) atoms. The highest BCUT2D eigenvalue weighted by molar-refractivity contribution is 7.80. The quantitative estimate of drug-likeness (QED) is 0.232. The summed E-state index contributed by atoms with van der Waals surface area (Å²) < 4.78 is 5.52. The molecule has 0 saturated carbocycles. The summed E-state index contributed by atoms with van der Waals surface area (Å²) in [6, 6.07) is 9.23. The molecule has 2 aromatic carbocycles. The fraction of sp³-hybridized carbons (Fsp3) is 0.440.